The molecule has 1 aliphatic heterocycles. The number of hydrogen-bond acceptors (Lipinski definition) is 4. The van der Waals surface area contributed by atoms with Crippen LogP contribution in [0, 0.1) is 0 Å². The Morgan fingerprint density at radius 1 is 1.24 bits per heavy atom. The van der Waals surface area contributed by atoms with Gasteiger partial charge in [-0.05, 0) is 25.3 Å². The van der Waals surface area contributed by atoms with Gasteiger partial charge in [0.05, 0.1) is 6.54 Å². The predicted octanol–water partition coefficient (Wildman–Crippen LogP) is 1.68. The lowest BCUT2D eigenvalue weighted by Gasteiger charge is -2.41. The van der Waals surface area contributed by atoms with Crippen LogP contribution in [0.1, 0.15) is 24.8 Å². The predicted molar refractivity (Wildman–Crippen MR) is 79.9 cm³/mol. The van der Waals surface area contributed by atoms with Crippen molar-refractivity contribution < 1.29 is 9.59 Å². The third kappa shape index (κ3) is 2.34. The zero-order chi connectivity index (χ0) is 14.9. The lowest BCUT2D eigenvalue weighted by Crippen LogP contribution is -2.49. The van der Waals surface area contributed by atoms with Gasteiger partial charge in [0.25, 0.3) is 0 Å². The Kier molecular flexibility index (Phi) is 3.52. The molecule has 0 N–H and O–H groups in total. The first kappa shape index (κ1) is 13.8. The molecule has 3 rings (SSSR count). The van der Waals surface area contributed by atoms with Gasteiger partial charge in [0.2, 0.25) is 12.0 Å². The molecule has 110 valence electrons. The standard InChI is InChI=1S/C16H19N3O2/c1-18-9-10-19(11-15(18)21)14-6-3-2-5-13(14)16(17-12-20)7-4-8-16/h2-3,5-6H,4,7-11H2,1H3. The van der Waals surface area contributed by atoms with E-state index in [0.717, 1.165) is 43.6 Å². The average molecular weight is 285 g/mol. The molecule has 5 heteroatoms. The summed E-state index contributed by atoms with van der Waals surface area (Å²) in [6.07, 6.45) is 4.56. The van der Waals surface area contributed by atoms with E-state index in [9.17, 15) is 9.59 Å². The van der Waals surface area contributed by atoms with E-state index < -0.39 is 5.54 Å². The summed E-state index contributed by atoms with van der Waals surface area (Å²) in [5.41, 5.74) is 1.65. The number of benzene rings is 1. The van der Waals surface area contributed by atoms with Crippen LogP contribution in [0.15, 0.2) is 29.3 Å². The molecule has 1 aromatic carbocycles. The number of aliphatic imine (C=N–C) groups is 1. The van der Waals surface area contributed by atoms with Crippen LogP contribution in [0.25, 0.3) is 0 Å². The highest BCUT2D eigenvalue weighted by Crippen LogP contribution is 2.48. The van der Waals surface area contributed by atoms with Gasteiger partial charge >= 0.3 is 0 Å². The van der Waals surface area contributed by atoms with Crippen molar-refractivity contribution in [2.45, 2.75) is 24.8 Å². The summed E-state index contributed by atoms with van der Waals surface area (Å²) in [5, 5.41) is 0. The Hall–Kier alpha value is -2.13. The highest BCUT2D eigenvalue weighted by molar-refractivity contribution is 5.83. The molecule has 1 amide bonds. The quantitative estimate of drug-likeness (QED) is 0.627. The van der Waals surface area contributed by atoms with Crippen LogP contribution in [-0.2, 0) is 15.1 Å². The minimum atomic E-state index is -0.426. The number of rotatable bonds is 3. The Balaban J connectivity index is 1.97. The zero-order valence-electron chi connectivity index (χ0n) is 12.2. The number of nitrogens with zero attached hydrogens (tertiary/aromatic N) is 3. The molecular formula is C16H19N3O2. The highest BCUT2D eigenvalue weighted by Gasteiger charge is 2.41. The number of piperazine rings is 1. The molecule has 0 bridgehead atoms. The van der Waals surface area contributed by atoms with Gasteiger partial charge in [0.1, 0.15) is 5.54 Å². The Morgan fingerprint density at radius 2 is 2.00 bits per heavy atom. The third-order valence-electron chi connectivity index (χ3n) is 4.64. The summed E-state index contributed by atoms with van der Waals surface area (Å²) in [5.74, 6) is 0.123. The summed E-state index contributed by atoms with van der Waals surface area (Å²) in [6.45, 7) is 1.91. The van der Waals surface area contributed by atoms with Crippen molar-refractivity contribution in [2.24, 2.45) is 4.99 Å². The van der Waals surface area contributed by atoms with Gasteiger partial charge in [-0.1, -0.05) is 18.2 Å². The smallest absolute Gasteiger partial charge is 0.241 e. The SMILES string of the molecule is CN1CCN(c2ccccc2C2(N=C=O)CCC2)CC1=O. The Bertz CT molecular complexity index is 603. The normalized spacial score (nSPS) is 20.7. The van der Waals surface area contributed by atoms with Crippen molar-refractivity contribution in [3.05, 3.63) is 29.8 Å². The second-order valence-corrected chi connectivity index (χ2v) is 5.84. The largest absolute Gasteiger partial charge is 0.360 e. The lowest BCUT2D eigenvalue weighted by molar-refractivity contribution is -0.129. The Labute approximate surface area is 124 Å². The van der Waals surface area contributed by atoms with Crippen molar-refractivity contribution in [1.29, 1.82) is 0 Å². The first-order valence-corrected chi connectivity index (χ1v) is 7.34. The van der Waals surface area contributed by atoms with E-state index in [1.54, 1.807) is 11.0 Å². The van der Waals surface area contributed by atoms with Crippen LogP contribution in [0.4, 0.5) is 5.69 Å². The molecule has 1 saturated carbocycles. The molecule has 0 unspecified atom stereocenters. The van der Waals surface area contributed by atoms with Gasteiger partial charge in [-0.25, -0.2) is 4.79 Å². The third-order valence-corrected chi connectivity index (χ3v) is 4.64. The van der Waals surface area contributed by atoms with Gasteiger partial charge in [0, 0.05) is 31.4 Å². The molecule has 2 fully saturated rings. The lowest BCUT2D eigenvalue weighted by atomic mass is 9.71. The molecule has 0 radical (unpaired) electrons. The topological polar surface area (TPSA) is 53.0 Å². The fourth-order valence-corrected chi connectivity index (χ4v) is 3.15. The van der Waals surface area contributed by atoms with Gasteiger partial charge in [-0.15, -0.1) is 0 Å². The first-order valence-electron chi connectivity index (χ1n) is 7.34. The summed E-state index contributed by atoms with van der Waals surface area (Å²) in [6, 6.07) is 7.99. The monoisotopic (exact) mass is 285 g/mol. The maximum atomic E-state index is 11.9. The van der Waals surface area contributed by atoms with E-state index in [2.05, 4.69) is 9.89 Å². The van der Waals surface area contributed by atoms with E-state index in [-0.39, 0.29) is 5.91 Å². The molecule has 5 nitrogen and oxygen atoms in total. The molecule has 0 spiro atoms. The van der Waals surface area contributed by atoms with Gasteiger partial charge in [0.15, 0.2) is 0 Å². The Morgan fingerprint density at radius 3 is 2.62 bits per heavy atom. The van der Waals surface area contributed by atoms with Gasteiger partial charge in [-0.3, -0.25) is 4.79 Å². The van der Waals surface area contributed by atoms with Crippen molar-refractivity contribution in [3.63, 3.8) is 0 Å². The highest BCUT2D eigenvalue weighted by atomic mass is 16.2. The molecule has 0 atom stereocenters. The van der Waals surface area contributed by atoms with Gasteiger partial charge in [-0.2, -0.15) is 4.99 Å². The van der Waals surface area contributed by atoms with E-state index >= 15 is 0 Å². The summed E-state index contributed by atoms with van der Waals surface area (Å²) in [7, 11) is 1.83. The zero-order valence-corrected chi connectivity index (χ0v) is 12.2. The number of anilines is 1. The van der Waals surface area contributed by atoms with Crippen LogP contribution in [0.5, 0.6) is 0 Å². The fourth-order valence-electron chi connectivity index (χ4n) is 3.15. The van der Waals surface area contributed by atoms with Crippen LogP contribution in [0.2, 0.25) is 0 Å². The maximum absolute atomic E-state index is 11.9. The molecule has 0 aromatic heterocycles. The minimum Gasteiger partial charge on any atom is -0.360 e. The van der Waals surface area contributed by atoms with Crippen LogP contribution >= 0.6 is 0 Å². The summed E-state index contributed by atoms with van der Waals surface area (Å²) < 4.78 is 0. The van der Waals surface area contributed by atoms with Crippen molar-refractivity contribution in [3.8, 4) is 0 Å². The minimum absolute atomic E-state index is 0.123. The fraction of sp³-hybridized carbons (Fsp3) is 0.500. The average Bonchev–Trinajstić information content (AvgIpc) is 2.46. The van der Waals surface area contributed by atoms with Crippen molar-refractivity contribution >= 4 is 17.7 Å². The van der Waals surface area contributed by atoms with E-state index in [4.69, 9.17) is 0 Å². The summed E-state index contributed by atoms with van der Waals surface area (Å²) >= 11 is 0. The van der Waals surface area contributed by atoms with Crippen molar-refractivity contribution in [1.82, 2.24) is 4.90 Å². The van der Waals surface area contributed by atoms with E-state index in [1.165, 1.54) is 0 Å². The number of isocyanates is 1. The number of para-hydroxylation sites is 1. The second kappa shape index (κ2) is 5.34. The number of carbonyl (C=O) groups is 1. The van der Waals surface area contributed by atoms with Crippen LogP contribution in [-0.4, -0.2) is 43.6 Å². The molecule has 1 aromatic rings. The first-order chi connectivity index (χ1) is 10.2. The van der Waals surface area contributed by atoms with Crippen molar-refractivity contribution in [2.75, 3.05) is 31.6 Å². The summed E-state index contributed by atoms with van der Waals surface area (Å²) in [4.78, 5) is 30.7. The van der Waals surface area contributed by atoms with Crippen LogP contribution in [0.3, 0.4) is 0 Å². The second-order valence-electron chi connectivity index (χ2n) is 5.84. The molecule has 1 heterocycles. The number of likely N-dealkylation sites (N-methyl/N-ethyl adjacent to an activating group) is 1. The molecular weight excluding hydrogens is 266 g/mol. The van der Waals surface area contributed by atoms with E-state index in [1.807, 2.05) is 31.3 Å². The molecule has 1 aliphatic carbocycles. The molecule has 1 saturated heterocycles. The molecule has 21 heavy (non-hydrogen) atoms. The van der Waals surface area contributed by atoms with Crippen LogP contribution < -0.4 is 4.90 Å². The molecule has 2 aliphatic rings. The van der Waals surface area contributed by atoms with Gasteiger partial charge < -0.3 is 9.80 Å². The number of amides is 1. The van der Waals surface area contributed by atoms with E-state index in [0.29, 0.717) is 6.54 Å². The number of carbonyl (C=O) groups excluding carboxylic acids is 2. The maximum Gasteiger partial charge on any atom is 0.241 e. The number of hydrogen-bond donors (Lipinski definition) is 0.